The molecule has 0 spiro atoms. The van der Waals surface area contributed by atoms with E-state index in [4.69, 9.17) is 5.11 Å². The molecule has 1 aliphatic heterocycles. The maximum atomic E-state index is 12.1. The van der Waals surface area contributed by atoms with Gasteiger partial charge < -0.3 is 15.1 Å². The number of aliphatic hydroxyl groups excluding tert-OH is 1. The highest BCUT2D eigenvalue weighted by Gasteiger charge is 2.28. The monoisotopic (exact) mass is 419 g/mol. The van der Waals surface area contributed by atoms with Crippen molar-refractivity contribution in [3.8, 4) is 0 Å². The van der Waals surface area contributed by atoms with Crippen molar-refractivity contribution in [1.29, 1.82) is 0 Å². The van der Waals surface area contributed by atoms with Crippen molar-refractivity contribution < 1.29 is 19.8 Å². The Hall–Kier alpha value is -1.79. The third-order valence-electron chi connectivity index (χ3n) is 5.14. The van der Waals surface area contributed by atoms with Gasteiger partial charge >= 0.3 is 5.97 Å². The van der Waals surface area contributed by atoms with E-state index < -0.39 is 12.1 Å². The van der Waals surface area contributed by atoms with Crippen LogP contribution in [0.5, 0.6) is 0 Å². The molecule has 1 aromatic rings. The number of carbonyl (C=O) groups excluding carboxylic acids is 1. The minimum absolute atomic E-state index is 0.0705. The summed E-state index contributed by atoms with van der Waals surface area (Å²) >= 11 is 1.69. The van der Waals surface area contributed by atoms with Gasteiger partial charge in [0.2, 0.25) is 5.91 Å². The molecule has 1 heterocycles. The first-order chi connectivity index (χ1) is 14.1. The summed E-state index contributed by atoms with van der Waals surface area (Å²) in [7, 11) is 0. The number of carboxylic acids is 1. The number of nitrogens with zero attached hydrogens (tertiary/aromatic N) is 1. The largest absolute Gasteiger partial charge is 0.481 e. The van der Waals surface area contributed by atoms with Gasteiger partial charge in [0.05, 0.1) is 12.1 Å². The Bertz CT molecular complexity index is 650. The van der Waals surface area contributed by atoms with Gasteiger partial charge in [0.15, 0.2) is 0 Å². The summed E-state index contributed by atoms with van der Waals surface area (Å²) < 4.78 is 0. The van der Waals surface area contributed by atoms with E-state index in [0.717, 1.165) is 43.6 Å². The third kappa shape index (κ3) is 9.50. The lowest BCUT2D eigenvalue weighted by Crippen LogP contribution is -2.34. The van der Waals surface area contributed by atoms with Crippen molar-refractivity contribution in [3.63, 3.8) is 0 Å². The number of aliphatic hydroxyl groups is 1. The molecule has 2 N–H and O–H groups in total. The molecule has 29 heavy (non-hydrogen) atoms. The van der Waals surface area contributed by atoms with Crippen molar-refractivity contribution in [2.24, 2.45) is 0 Å². The Morgan fingerprint density at radius 2 is 2.00 bits per heavy atom. The average molecular weight is 420 g/mol. The number of likely N-dealkylation sites (tertiary alicyclic amines) is 1. The van der Waals surface area contributed by atoms with E-state index in [1.54, 1.807) is 11.8 Å². The Labute approximate surface area is 178 Å². The number of aryl methyl sites for hydroxylation is 1. The van der Waals surface area contributed by atoms with E-state index in [2.05, 4.69) is 24.3 Å². The Kier molecular flexibility index (Phi) is 10.9. The first-order valence-corrected chi connectivity index (χ1v) is 11.7. The fourth-order valence-corrected chi connectivity index (χ4v) is 4.40. The summed E-state index contributed by atoms with van der Waals surface area (Å²) in [5, 5.41) is 18.9. The van der Waals surface area contributed by atoms with Crippen molar-refractivity contribution in [2.75, 3.05) is 18.1 Å². The highest BCUT2D eigenvalue weighted by molar-refractivity contribution is 7.99. The molecule has 0 aliphatic carbocycles. The molecule has 0 bridgehead atoms. The van der Waals surface area contributed by atoms with Crippen LogP contribution in [0.15, 0.2) is 42.5 Å². The standard InChI is InChI=1S/C23H33NO4S/c25-21(10-5-4-9-19-7-2-1-3-8-19)14-12-20-13-15-22(26)24(20)16-18-29-17-6-11-23(27)28/h1-3,7-8,12,14,20-21,25H,4-6,9-11,13,15-18H2,(H,27,28)/b14-12+/t20-,21+/m0/s1. The Morgan fingerprint density at radius 3 is 2.76 bits per heavy atom. The number of carbonyl (C=O) groups is 2. The molecular formula is C23H33NO4S. The van der Waals surface area contributed by atoms with Crippen LogP contribution in [0.2, 0.25) is 0 Å². The molecule has 1 fully saturated rings. The summed E-state index contributed by atoms with van der Waals surface area (Å²) in [5.41, 5.74) is 1.33. The molecule has 1 saturated heterocycles. The number of rotatable bonds is 14. The maximum Gasteiger partial charge on any atom is 0.303 e. The first kappa shape index (κ1) is 23.5. The number of unbranched alkanes of at least 4 members (excludes halogenated alkanes) is 1. The highest BCUT2D eigenvalue weighted by atomic mass is 32.2. The fraction of sp³-hybridized carbons (Fsp3) is 0.565. The zero-order chi connectivity index (χ0) is 20.9. The van der Waals surface area contributed by atoms with Gasteiger partial charge in [-0.15, -0.1) is 0 Å². The number of benzene rings is 1. The van der Waals surface area contributed by atoms with Gasteiger partial charge in [0.1, 0.15) is 0 Å². The van der Waals surface area contributed by atoms with Crippen LogP contribution in [-0.2, 0) is 16.0 Å². The van der Waals surface area contributed by atoms with Crippen molar-refractivity contribution >= 4 is 23.6 Å². The number of carboxylic acid groups (broad SMARTS) is 1. The second kappa shape index (κ2) is 13.4. The average Bonchev–Trinajstić information content (AvgIpc) is 3.06. The summed E-state index contributed by atoms with van der Waals surface area (Å²) in [4.78, 5) is 24.5. The lowest BCUT2D eigenvalue weighted by atomic mass is 10.0. The molecule has 6 heteroatoms. The van der Waals surface area contributed by atoms with Crippen LogP contribution < -0.4 is 0 Å². The van der Waals surface area contributed by atoms with E-state index in [0.29, 0.717) is 19.4 Å². The first-order valence-electron chi connectivity index (χ1n) is 10.6. The minimum Gasteiger partial charge on any atom is -0.481 e. The van der Waals surface area contributed by atoms with E-state index in [1.807, 2.05) is 23.1 Å². The lowest BCUT2D eigenvalue weighted by molar-refractivity contribution is -0.137. The van der Waals surface area contributed by atoms with Gasteiger partial charge in [-0.2, -0.15) is 11.8 Å². The van der Waals surface area contributed by atoms with Gasteiger partial charge in [-0.1, -0.05) is 48.9 Å². The second-order valence-corrected chi connectivity index (χ2v) is 8.71. The molecule has 0 aromatic heterocycles. The topological polar surface area (TPSA) is 77.8 Å². The normalized spacial score (nSPS) is 17.9. The van der Waals surface area contributed by atoms with Crippen LogP contribution in [0.4, 0.5) is 0 Å². The van der Waals surface area contributed by atoms with Crippen LogP contribution in [0, 0.1) is 0 Å². The van der Waals surface area contributed by atoms with Crippen LogP contribution in [-0.4, -0.2) is 57.2 Å². The molecule has 1 aromatic carbocycles. The van der Waals surface area contributed by atoms with Gasteiger partial charge in [-0.3, -0.25) is 9.59 Å². The summed E-state index contributed by atoms with van der Waals surface area (Å²) in [6, 6.07) is 10.5. The molecular weight excluding hydrogens is 386 g/mol. The number of aliphatic carboxylic acids is 1. The van der Waals surface area contributed by atoms with E-state index >= 15 is 0 Å². The van der Waals surface area contributed by atoms with Gasteiger partial charge in [-0.25, -0.2) is 0 Å². The molecule has 0 radical (unpaired) electrons. The predicted octanol–water partition coefficient (Wildman–Crippen LogP) is 3.91. The molecule has 5 nitrogen and oxygen atoms in total. The number of hydrogen-bond donors (Lipinski definition) is 2. The molecule has 1 amide bonds. The molecule has 0 saturated carbocycles. The number of hydrogen-bond acceptors (Lipinski definition) is 4. The smallest absolute Gasteiger partial charge is 0.303 e. The fourth-order valence-electron chi connectivity index (χ4n) is 3.52. The summed E-state index contributed by atoms with van der Waals surface area (Å²) in [6.45, 7) is 0.679. The SMILES string of the molecule is O=C(O)CCCSCCN1C(=O)CC[C@@H]1/C=C/[C@H](O)CCCCc1ccccc1. The minimum atomic E-state index is -0.760. The maximum absolute atomic E-state index is 12.1. The van der Waals surface area contributed by atoms with Crippen LogP contribution in [0.3, 0.4) is 0 Å². The molecule has 2 rings (SSSR count). The summed E-state index contributed by atoms with van der Waals surface area (Å²) in [6.07, 6.45) is 9.40. The zero-order valence-corrected chi connectivity index (χ0v) is 17.9. The Morgan fingerprint density at radius 1 is 1.21 bits per heavy atom. The zero-order valence-electron chi connectivity index (χ0n) is 17.0. The van der Waals surface area contributed by atoms with E-state index in [9.17, 15) is 14.7 Å². The van der Waals surface area contributed by atoms with Crippen molar-refractivity contribution in [3.05, 3.63) is 48.0 Å². The second-order valence-electron chi connectivity index (χ2n) is 7.49. The van der Waals surface area contributed by atoms with Gasteiger partial charge in [0.25, 0.3) is 0 Å². The molecule has 1 aliphatic rings. The Balaban J connectivity index is 1.63. The predicted molar refractivity (Wildman–Crippen MR) is 118 cm³/mol. The number of amides is 1. The van der Waals surface area contributed by atoms with E-state index in [-0.39, 0.29) is 18.4 Å². The van der Waals surface area contributed by atoms with Crippen LogP contribution in [0.1, 0.15) is 50.5 Å². The van der Waals surface area contributed by atoms with Crippen LogP contribution in [0.25, 0.3) is 0 Å². The molecule has 160 valence electrons. The number of thioether (sulfide) groups is 1. The summed E-state index contributed by atoms with van der Waals surface area (Å²) in [5.74, 6) is 1.03. The van der Waals surface area contributed by atoms with Crippen molar-refractivity contribution in [2.45, 2.75) is 63.5 Å². The van der Waals surface area contributed by atoms with Crippen LogP contribution >= 0.6 is 11.8 Å². The lowest BCUT2D eigenvalue weighted by Gasteiger charge is -2.22. The molecule has 0 unspecified atom stereocenters. The van der Waals surface area contributed by atoms with Gasteiger partial charge in [-0.05, 0) is 43.4 Å². The quantitative estimate of drug-likeness (QED) is 0.353. The third-order valence-corrected chi connectivity index (χ3v) is 6.19. The van der Waals surface area contributed by atoms with Crippen molar-refractivity contribution in [1.82, 2.24) is 4.90 Å². The van der Waals surface area contributed by atoms with E-state index in [1.165, 1.54) is 5.56 Å². The molecule has 2 atom stereocenters. The highest BCUT2D eigenvalue weighted by Crippen LogP contribution is 2.21. The van der Waals surface area contributed by atoms with Gasteiger partial charge in [0, 0.05) is 25.1 Å².